The van der Waals surface area contributed by atoms with Gasteiger partial charge in [0.25, 0.3) is 5.91 Å². The van der Waals surface area contributed by atoms with Crippen LogP contribution in [-0.2, 0) is 11.3 Å². The van der Waals surface area contributed by atoms with E-state index in [4.69, 9.17) is 16.3 Å². The number of carbonyl (C=O) groups excluding carboxylic acids is 1. The number of ether oxygens (including phenoxy) is 1. The first-order chi connectivity index (χ1) is 11.6. The van der Waals surface area contributed by atoms with Gasteiger partial charge in [-0.05, 0) is 36.8 Å². The molecule has 2 aromatic carbocycles. The minimum absolute atomic E-state index is 0.0443. The lowest BCUT2D eigenvalue weighted by Gasteiger charge is -2.21. The number of hydrogen-bond acceptors (Lipinski definition) is 2. The quantitative estimate of drug-likeness (QED) is 0.766. The molecule has 0 aliphatic carbocycles. The number of carbonyl (C=O) groups is 1. The number of nitrogens with one attached hydrogen (secondary N) is 2. The maximum Gasteiger partial charge on any atom is 0.278 e. The van der Waals surface area contributed by atoms with Gasteiger partial charge in [0.15, 0.2) is 6.04 Å². The summed E-state index contributed by atoms with van der Waals surface area (Å²) < 4.78 is 5.68. The average Bonchev–Trinajstić information content (AvgIpc) is 2.61. The molecule has 2 N–H and O–H groups in total. The molecule has 2 rings (SSSR count). The Morgan fingerprint density at radius 1 is 1.17 bits per heavy atom. The summed E-state index contributed by atoms with van der Waals surface area (Å²) in [6.07, 6.45) is 0. The SMILES string of the molecule is C[C@@H](C(=O)NCc1ccccc1)[NH+](C)CCOc1ccc(Cl)cc1. The smallest absolute Gasteiger partial charge is 0.278 e. The third kappa shape index (κ3) is 5.87. The molecular weight excluding hydrogens is 324 g/mol. The predicted molar refractivity (Wildman–Crippen MR) is 96.5 cm³/mol. The van der Waals surface area contributed by atoms with Gasteiger partial charge in [-0.25, -0.2) is 0 Å². The fraction of sp³-hybridized carbons (Fsp3) is 0.316. The minimum atomic E-state index is -0.137. The van der Waals surface area contributed by atoms with Gasteiger partial charge in [0.2, 0.25) is 0 Å². The van der Waals surface area contributed by atoms with Crippen molar-refractivity contribution in [2.75, 3.05) is 20.2 Å². The fourth-order valence-electron chi connectivity index (χ4n) is 2.24. The Balaban J connectivity index is 1.71. The number of rotatable bonds is 8. The van der Waals surface area contributed by atoms with Crippen LogP contribution in [0.3, 0.4) is 0 Å². The van der Waals surface area contributed by atoms with E-state index in [9.17, 15) is 4.79 Å². The third-order valence-electron chi connectivity index (χ3n) is 4.02. The van der Waals surface area contributed by atoms with Crippen LogP contribution in [0.25, 0.3) is 0 Å². The fourth-order valence-corrected chi connectivity index (χ4v) is 2.37. The van der Waals surface area contributed by atoms with E-state index in [0.29, 0.717) is 18.2 Å². The van der Waals surface area contributed by atoms with Gasteiger partial charge in [-0.2, -0.15) is 0 Å². The summed E-state index contributed by atoms with van der Waals surface area (Å²) in [6, 6.07) is 17.0. The molecule has 0 saturated heterocycles. The number of halogens is 1. The summed E-state index contributed by atoms with van der Waals surface area (Å²) in [7, 11) is 2.00. The Bertz CT molecular complexity index is 632. The van der Waals surface area contributed by atoms with E-state index in [2.05, 4.69) is 5.32 Å². The van der Waals surface area contributed by atoms with E-state index in [1.54, 1.807) is 12.1 Å². The maximum absolute atomic E-state index is 12.2. The first-order valence-electron chi connectivity index (χ1n) is 8.08. The molecule has 0 radical (unpaired) electrons. The van der Waals surface area contributed by atoms with Gasteiger partial charge in [-0.3, -0.25) is 4.79 Å². The van der Waals surface area contributed by atoms with E-state index in [1.807, 2.05) is 56.4 Å². The number of amides is 1. The molecule has 4 nitrogen and oxygen atoms in total. The monoisotopic (exact) mass is 347 g/mol. The molecule has 24 heavy (non-hydrogen) atoms. The van der Waals surface area contributed by atoms with Crippen LogP contribution in [0.5, 0.6) is 5.75 Å². The molecular formula is C19H24ClN2O2+. The Morgan fingerprint density at radius 3 is 2.50 bits per heavy atom. The maximum atomic E-state index is 12.2. The second-order valence-electron chi connectivity index (χ2n) is 5.82. The summed E-state index contributed by atoms with van der Waals surface area (Å²) in [4.78, 5) is 13.3. The zero-order valence-corrected chi connectivity index (χ0v) is 14.8. The van der Waals surface area contributed by atoms with E-state index in [1.165, 1.54) is 0 Å². The van der Waals surface area contributed by atoms with Crippen molar-refractivity contribution < 1.29 is 14.4 Å². The third-order valence-corrected chi connectivity index (χ3v) is 4.27. The van der Waals surface area contributed by atoms with Gasteiger partial charge >= 0.3 is 0 Å². The molecule has 0 fully saturated rings. The van der Waals surface area contributed by atoms with Crippen LogP contribution in [-0.4, -0.2) is 32.1 Å². The van der Waals surface area contributed by atoms with E-state index < -0.39 is 0 Å². The Kier molecular flexibility index (Phi) is 7.09. The average molecular weight is 348 g/mol. The highest BCUT2D eigenvalue weighted by atomic mass is 35.5. The Morgan fingerprint density at radius 2 is 1.83 bits per heavy atom. The number of benzene rings is 2. The van der Waals surface area contributed by atoms with Gasteiger partial charge in [0, 0.05) is 11.6 Å². The van der Waals surface area contributed by atoms with Gasteiger partial charge in [0.1, 0.15) is 18.9 Å². The lowest BCUT2D eigenvalue weighted by atomic mass is 10.2. The lowest BCUT2D eigenvalue weighted by Crippen LogP contribution is -3.14. The number of likely N-dealkylation sites (N-methyl/N-ethyl adjacent to an activating group) is 1. The minimum Gasteiger partial charge on any atom is -0.488 e. The highest BCUT2D eigenvalue weighted by Crippen LogP contribution is 2.14. The topological polar surface area (TPSA) is 42.8 Å². The normalized spacial score (nSPS) is 13.1. The Labute approximate surface area is 148 Å². The van der Waals surface area contributed by atoms with E-state index >= 15 is 0 Å². The molecule has 0 bridgehead atoms. The molecule has 1 amide bonds. The van der Waals surface area contributed by atoms with Crippen LogP contribution < -0.4 is 15.0 Å². The molecule has 0 aliphatic heterocycles. The predicted octanol–water partition coefficient (Wildman–Crippen LogP) is 1.94. The summed E-state index contributed by atoms with van der Waals surface area (Å²) in [5.41, 5.74) is 1.10. The molecule has 1 unspecified atom stereocenters. The molecule has 0 saturated carbocycles. The van der Waals surface area contributed by atoms with Crippen LogP contribution in [0.1, 0.15) is 12.5 Å². The first kappa shape index (κ1) is 18.3. The molecule has 128 valence electrons. The van der Waals surface area contributed by atoms with Crippen molar-refractivity contribution in [3.05, 3.63) is 65.2 Å². The lowest BCUT2D eigenvalue weighted by molar-refractivity contribution is -0.894. The molecule has 2 atom stereocenters. The molecule has 2 aromatic rings. The van der Waals surface area contributed by atoms with E-state index in [-0.39, 0.29) is 11.9 Å². The highest BCUT2D eigenvalue weighted by molar-refractivity contribution is 6.30. The zero-order valence-electron chi connectivity index (χ0n) is 14.1. The highest BCUT2D eigenvalue weighted by Gasteiger charge is 2.21. The second kappa shape index (κ2) is 9.30. The molecule has 5 heteroatoms. The van der Waals surface area contributed by atoms with Crippen molar-refractivity contribution in [1.82, 2.24) is 5.32 Å². The van der Waals surface area contributed by atoms with Crippen LogP contribution in [0.15, 0.2) is 54.6 Å². The van der Waals surface area contributed by atoms with E-state index in [0.717, 1.165) is 22.8 Å². The summed E-state index contributed by atoms with van der Waals surface area (Å²) in [5.74, 6) is 0.830. The van der Waals surface area contributed by atoms with Crippen LogP contribution >= 0.6 is 11.6 Å². The second-order valence-corrected chi connectivity index (χ2v) is 6.26. The van der Waals surface area contributed by atoms with Crippen molar-refractivity contribution in [2.45, 2.75) is 19.5 Å². The van der Waals surface area contributed by atoms with Crippen molar-refractivity contribution >= 4 is 17.5 Å². The number of hydrogen-bond donors (Lipinski definition) is 2. The summed E-state index contributed by atoms with van der Waals surface area (Å²) in [6.45, 7) is 3.77. The van der Waals surface area contributed by atoms with Gasteiger partial charge in [-0.1, -0.05) is 41.9 Å². The van der Waals surface area contributed by atoms with Crippen LogP contribution in [0.2, 0.25) is 5.02 Å². The largest absolute Gasteiger partial charge is 0.488 e. The van der Waals surface area contributed by atoms with Crippen LogP contribution in [0, 0.1) is 0 Å². The number of quaternary nitrogens is 1. The molecule has 0 spiro atoms. The Hall–Kier alpha value is -2.04. The van der Waals surface area contributed by atoms with Gasteiger partial charge < -0.3 is 15.0 Å². The van der Waals surface area contributed by atoms with Crippen molar-refractivity contribution in [3.63, 3.8) is 0 Å². The zero-order chi connectivity index (χ0) is 17.4. The first-order valence-corrected chi connectivity index (χ1v) is 8.46. The summed E-state index contributed by atoms with van der Waals surface area (Å²) in [5, 5.41) is 3.67. The molecule has 0 heterocycles. The van der Waals surface area contributed by atoms with Gasteiger partial charge in [-0.15, -0.1) is 0 Å². The standard InChI is InChI=1S/C19H23ClN2O2/c1-15(19(23)21-14-16-6-4-3-5-7-16)22(2)12-13-24-18-10-8-17(20)9-11-18/h3-11,15H,12-14H2,1-2H3,(H,21,23)/p+1/t15-/m0/s1. The van der Waals surface area contributed by atoms with Crippen molar-refractivity contribution in [2.24, 2.45) is 0 Å². The van der Waals surface area contributed by atoms with Crippen LogP contribution in [0.4, 0.5) is 0 Å². The molecule has 0 aliphatic rings. The summed E-state index contributed by atoms with van der Waals surface area (Å²) >= 11 is 5.84. The molecule has 0 aromatic heterocycles. The van der Waals surface area contributed by atoms with Crippen molar-refractivity contribution in [3.8, 4) is 5.75 Å². The van der Waals surface area contributed by atoms with Gasteiger partial charge in [0.05, 0.1) is 7.05 Å². The van der Waals surface area contributed by atoms with Crippen molar-refractivity contribution in [1.29, 1.82) is 0 Å².